The molecule has 0 atom stereocenters. The number of nitrogens with zero attached hydrogens (tertiary/aromatic N) is 3. The highest BCUT2D eigenvalue weighted by Gasteiger charge is 2.10. The van der Waals surface area contributed by atoms with E-state index in [2.05, 4.69) is 20.3 Å². The molecule has 0 saturated heterocycles. The Balaban J connectivity index is 1.77. The number of carbonyl (C=O) groups excluding carboxylic acids is 1. The van der Waals surface area contributed by atoms with Crippen molar-refractivity contribution in [2.24, 2.45) is 0 Å². The molecule has 2 aromatic heterocycles. The average Bonchev–Trinajstić information content (AvgIpc) is 2.68. The first-order chi connectivity index (χ1) is 12.3. The van der Waals surface area contributed by atoms with Crippen molar-refractivity contribution in [3.8, 4) is 11.3 Å². The molecule has 0 fully saturated rings. The second-order valence-electron chi connectivity index (χ2n) is 5.31. The molecule has 6 nitrogen and oxygen atoms in total. The maximum Gasteiger partial charge on any atom is 0.339 e. The van der Waals surface area contributed by atoms with E-state index in [0.717, 1.165) is 5.56 Å². The van der Waals surface area contributed by atoms with Gasteiger partial charge in [-0.2, -0.15) is 0 Å². The minimum atomic E-state index is -0.400. The van der Waals surface area contributed by atoms with Gasteiger partial charge in [-0.1, -0.05) is 30.3 Å². The summed E-state index contributed by atoms with van der Waals surface area (Å²) < 4.78 is 5.00. The van der Waals surface area contributed by atoms with E-state index >= 15 is 0 Å². The number of benzene rings is 1. The summed E-state index contributed by atoms with van der Waals surface area (Å²) in [6, 6.07) is 11.7. The maximum atomic E-state index is 11.8. The van der Waals surface area contributed by atoms with E-state index in [1.54, 1.807) is 31.6 Å². The van der Waals surface area contributed by atoms with Gasteiger partial charge >= 0.3 is 5.97 Å². The van der Waals surface area contributed by atoms with Gasteiger partial charge in [-0.15, -0.1) is 0 Å². The SMILES string of the molecule is CCOC(=O)c1cncc(-c2cncc(NCc3ccccc3)n2)c1. The Morgan fingerprint density at radius 2 is 1.88 bits per heavy atom. The lowest BCUT2D eigenvalue weighted by molar-refractivity contribution is 0.0526. The summed E-state index contributed by atoms with van der Waals surface area (Å²) in [5.74, 6) is 0.256. The number of pyridine rings is 1. The number of esters is 1. The zero-order valence-corrected chi connectivity index (χ0v) is 13.8. The van der Waals surface area contributed by atoms with Crippen molar-refractivity contribution in [3.63, 3.8) is 0 Å². The van der Waals surface area contributed by atoms with Crippen molar-refractivity contribution in [2.45, 2.75) is 13.5 Å². The molecule has 3 aromatic rings. The molecule has 126 valence electrons. The minimum absolute atomic E-state index is 0.321. The predicted molar refractivity (Wildman–Crippen MR) is 95.0 cm³/mol. The fourth-order valence-electron chi connectivity index (χ4n) is 2.28. The lowest BCUT2D eigenvalue weighted by atomic mass is 10.1. The van der Waals surface area contributed by atoms with Crippen molar-refractivity contribution in [2.75, 3.05) is 11.9 Å². The van der Waals surface area contributed by atoms with E-state index in [0.29, 0.717) is 35.8 Å². The second-order valence-corrected chi connectivity index (χ2v) is 5.31. The van der Waals surface area contributed by atoms with Gasteiger partial charge in [-0.25, -0.2) is 9.78 Å². The van der Waals surface area contributed by atoms with Crippen LogP contribution in [-0.2, 0) is 11.3 Å². The van der Waals surface area contributed by atoms with E-state index in [4.69, 9.17) is 4.74 Å². The number of aromatic nitrogens is 3. The van der Waals surface area contributed by atoms with Gasteiger partial charge in [0, 0.05) is 24.5 Å². The van der Waals surface area contributed by atoms with E-state index in [1.165, 1.54) is 6.20 Å². The van der Waals surface area contributed by atoms with Crippen LogP contribution in [0.15, 0.2) is 61.2 Å². The van der Waals surface area contributed by atoms with Gasteiger partial charge < -0.3 is 10.1 Å². The van der Waals surface area contributed by atoms with Crippen molar-refractivity contribution < 1.29 is 9.53 Å². The van der Waals surface area contributed by atoms with Crippen LogP contribution in [0.25, 0.3) is 11.3 Å². The van der Waals surface area contributed by atoms with Crippen molar-refractivity contribution >= 4 is 11.8 Å². The molecule has 1 aromatic carbocycles. The Morgan fingerprint density at radius 1 is 1.08 bits per heavy atom. The molecule has 0 bridgehead atoms. The summed E-state index contributed by atoms with van der Waals surface area (Å²) in [4.78, 5) is 24.7. The third kappa shape index (κ3) is 4.38. The van der Waals surface area contributed by atoms with Crippen LogP contribution >= 0.6 is 0 Å². The van der Waals surface area contributed by atoms with Gasteiger partial charge in [-0.05, 0) is 18.6 Å². The molecule has 3 rings (SSSR count). The number of nitrogens with one attached hydrogen (secondary N) is 1. The van der Waals surface area contributed by atoms with Gasteiger partial charge in [0.2, 0.25) is 0 Å². The largest absolute Gasteiger partial charge is 0.462 e. The Kier molecular flexibility index (Phi) is 5.31. The highest BCUT2D eigenvalue weighted by molar-refractivity contribution is 5.90. The van der Waals surface area contributed by atoms with E-state index in [-0.39, 0.29) is 0 Å². The molecule has 6 heteroatoms. The summed E-state index contributed by atoms with van der Waals surface area (Å²) in [6.07, 6.45) is 6.43. The number of hydrogen-bond donors (Lipinski definition) is 1. The lowest BCUT2D eigenvalue weighted by Crippen LogP contribution is -2.06. The summed E-state index contributed by atoms with van der Waals surface area (Å²) in [5.41, 5.74) is 2.89. The van der Waals surface area contributed by atoms with Gasteiger partial charge in [0.25, 0.3) is 0 Å². The zero-order chi connectivity index (χ0) is 17.5. The molecule has 1 N–H and O–H groups in total. The monoisotopic (exact) mass is 334 g/mol. The van der Waals surface area contributed by atoms with Crippen LogP contribution in [0.2, 0.25) is 0 Å². The first-order valence-corrected chi connectivity index (χ1v) is 7.98. The van der Waals surface area contributed by atoms with Gasteiger partial charge in [-0.3, -0.25) is 9.97 Å². The minimum Gasteiger partial charge on any atom is -0.462 e. The average molecular weight is 334 g/mol. The second kappa shape index (κ2) is 8.01. The maximum absolute atomic E-state index is 11.8. The Bertz CT molecular complexity index is 853. The number of anilines is 1. The molecule has 0 aliphatic heterocycles. The molecule has 0 unspecified atom stereocenters. The van der Waals surface area contributed by atoms with Crippen LogP contribution in [-0.4, -0.2) is 27.5 Å². The number of rotatable bonds is 6. The highest BCUT2D eigenvalue weighted by atomic mass is 16.5. The lowest BCUT2D eigenvalue weighted by Gasteiger charge is -2.08. The van der Waals surface area contributed by atoms with E-state index < -0.39 is 5.97 Å². The first kappa shape index (κ1) is 16.6. The van der Waals surface area contributed by atoms with E-state index in [9.17, 15) is 4.79 Å². The third-order valence-electron chi connectivity index (χ3n) is 3.50. The van der Waals surface area contributed by atoms with Gasteiger partial charge in [0.05, 0.1) is 30.3 Å². The van der Waals surface area contributed by atoms with Crippen LogP contribution < -0.4 is 5.32 Å². The topological polar surface area (TPSA) is 77.0 Å². The van der Waals surface area contributed by atoms with Crippen LogP contribution in [0, 0.1) is 0 Å². The van der Waals surface area contributed by atoms with Crippen LogP contribution in [0.1, 0.15) is 22.8 Å². The summed E-state index contributed by atoms with van der Waals surface area (Å²) in [5, 5.41) is 3.24. The molecular formula is C19H18N4O2. The predicted octanol–water partition coefficient (Wildman–Crippen LogP) is 3.33. The molecule has 0 radical (unpaired) electrons. The molecule has 0 aliphatic carbocycles. The molecule has 25 heavy (non-hydrogen) atoms. The van der Waals surface area contributed by atoms with Crippen molar-refractivity contribution in [1.29, 1.82) is 0 Å². The van der Waals surface area contributed by atoms with Crippen molar-refractivity contribution in [3.05, 3.63) is 72.3 Å². The highest BCUT2D eigenvalue weighted by Crippen LogP contribution is 2.18. The molecule has 0 amide bonds. The molecule has 0 aliphatic rings. The molecule has 0 saturated carbocycles. The summed E-state index contributed by atoms with van der Waals surface area (Å²) in [7, 11) is 0. The fourth-order valence-corrected chi connectivity index (χ4v) is 2.28. The fraction of sp³-hybridized carbons (Fsp3) is 0.158. The molecular weight excluding hydrogens is 316 g/mol. The molecule has 2 heterocycles. The first-order valence-electron chi connectivity index (χ1n) is 7.98. The van der Waals surface area contributed by atoms with Crippen molar-refractivity contribution in [1.82, 2.24) is 15.0 Å². The number of carbonyl (C=O) groups is 1. The number of hydrogen-bond acceptors (Lipinski definition) is 6. The normalized spacial score (nSPS) is 10.3. The molecule has 0 spiro atoms. The Hall–Kier alpha value is -3.28. The van der Waals surface area contributed by atoms with Gasteiger partial charge in [0.1, 0.15) is 5.82 Å². The quantitative estimate of drug-likeness (QED) is 0.697. The Labute approximate surface area is 145 Å². The van der Waals surface area contributed by atoms with Crippen LogP contribution in [0.4, 0.5) is 5.82 Å². The van der Waals surface area contributed by atoms with Gasteiger partial charge in [0.15, 0.2) is 0 Å². The standard InChI is InChI=1S/C19H18N4O2/c1-2-25-19(24)16-8-15(10-20-11-16)17-12-21-13-18(23-17)22-9-14-6-4-3-5-7-14/h3-8,10-13H,2,9H2,1H3,(H,22,23). The summed E-state index contributed by atoms with van der Waals surface area (Å²) in [6.45, 7) is 2.74. The van der Waals surface area contributed by atoms with Crippen LogP contribution in [0.5, 0.6) is 0 Å². The van der Waals surface area contributed by atoms with Crippen LogP contribution in [0.3, 0.4) is 0 Å². The Morgan fingerprint density at radius 3 is 2.68 bits per heavy atom. The summed E-state index contributed by atoms with van der Waals surface area (Å²) >= 11 is 0. The zero-order valence-electron chi connectivity index (χ0n) is 13.8. The third-order valence-corrected chi connectivity index (χ3v) is 3.50. The van der Waals surface area contributed by atoms with E-state index in [1.807, 2.05) is 30.3 Å². The number of ether oxygens (including phenoxy) is 1. The smallest absolute Gasteiger partial charge is 0.339 e.